The van der Waals surface area contributed by atoms with Gasteiger partial charge in [0.15, 0.2) is 0 Å². The van der Waals surface area contributed by atoms with Crippen LogP contribution in [0.2, 0.25) is 0 Å². The van der Waals surface area contributed by atoms with Gasteiger partial charge in [0.1, 0.15) is 5.75 Å². The van der Waals surface area contributed by atoms with E-state index in [1.165, 1.54) is 0 Å². The van der Waals surface area contributed by atoms with Crippen LogP contribution in [-0.4, -0.2) is 13.7 Å². The van der Waals surface area contributed by atoms with Gasteiger partial charge >= 0.3 is 0 Å². The molecule has 1 rings (SSSR count). The van der Waals surface area contributed by atoms with Gasteiger partial charge in [-0.2, -0.15) is 0 Å². The van der Waals surface area contributed by atoms with E-state index in [0.29, 0.717) is 0 Å². The second kappa shape index (κ2) is 5.93. The summed E-state index contributed by atoms with van der Waals surface area (Å²) in [7, 11) is 1.69. The fourth-order valence-electron chi connectivity index (χ4n) is 1.40. The van der Waals surface area contributed by atoms with Crippen LogP contribution in [0.1, 0.15) is 18.5 Å². The first kappa shape index (κ1) is 12.3. The summed E-state index contributed by atoms with van der Waals surface area (Å²) in [5, 5.41) is 3.35. The van der Waals surface area contributed by atoms with E-state index in [9.17, 15) is 0 Å². The quantitative estimate of drug-likeness (QED) is 0.886. The summed E-state index contributed by atoms with van der Waals surface area (Å²) in [5.74, 6) is 0.915. The van der Waals surface area contributed by atoms with Gasteiger partial charge in [-0.1, -0.05) is 40.7 Å². The number of hydrogen-bond donors (Lipinski definition) is 1. The molecule has 0 aliphatic rings. The van der Waals surface area contributed by atoms with Crippen LogP contribution in [-0.2, 0) is 0 Å². The van der Waals surface area contributed by atoms with Crippen molar-refractivity contribution >= 4 is 15.9 Å². The molecule has 0 spiro atoms. The van der Waals surface area contributed by atoms with Crippen molar-refractivity contribution in [2.45, 2.75) is 13.0 Å². The fourth-order valence-corrected chi connectivity index (χ4v) is 1.56. The van der Waals surface area contributed by atoms with Crippen LogP contribution in [0.4, 0.5) is 0 Å². The molecule has 1 aromatic rings. The number of hydrogen-bond acceptors (Lipinski definition) is 2. The van der Waals surface area contributed by atoms with Gasteiger partial charge in [-0.05, 0) is 13.0 Å². The molecule has 0 aliphatic carbocycles. The molecule has 2 nitrogen and oxygen atoms in total. The minimum absolute atomic E-state index is 0.246. The average Bonchev–Trinajstić information content (AvgIpc) is 2.25. The normalized spacial score (nSPS) is 12.2. The molecular formula is C12H16BrNO. The van der Waals surface area contributed by atoms with Gasteiger partial charge in [-0.25, -0.2) is 0 Å². The van der Waals surface area contributed by atoms with Crippen molar-refractivity contribution in [1.29, 1.82) is 0 Å². The molecule has 1 atom stereocenters. The first-order valence-corrected chi connectivity index (χ1v) is 5.64. The van der Waals surface area contributed by atoms with E-state index < -0.39 is 0 Å². The molecule has 0 fully saturated rings. The first-order valence-electron chi connectivity index (χ1n) is 4.84. The largest absolute Gasteiger partial charge is 0.496 e. The minimum Gasteiger partial charge on any atom is -0.496 e. The molecule has 1 N–H and O–H groups in total. The third-order valence-corrected chi connectivity index (χ3v) is 2.49. The Labute approximate surface area is 99.5 Å². The topological polar surface area (TPSA) is 21.3 Å². The van der Waals surface area contributed by atoms with Crippen molar-refractivity contribution in [3.8, 4) is 5.75 Å². The Morgan fingerprint density at radius 1 is 1.53 bits per heavy atom. The zero-order chi connectivity index (χ0) is 11.3. The summed E-state index contributed by atoms with van der Waals surface area (Å²) in [6, 6.07) is 8.26. The lowest BCUT2D eigenvalue weighted by molar-refractivity contribution is 0.403. The van der Waals surface area contributed by atoms with Crippen LogP contribution in [0.15, 0.2) is 35.3 Å². The molecule has 0 saturated heterocycles. The molecular weight excluding hydrogens is 254 g/mol. The van der Waals surface area contributed by atoms with Crippen LogP contribution >= 0.6 is 15.9 Å². The maximum atomic E-state index is 5.30. The molecule has 1 aromatic carbocycles. The molecule has 0 unspecified atom stereocenters. The van der Waals surface area contributed by atoms with Gasteiger partial charge in [0.05, 0.1) is 7.11 Å². The highest BCUT2D eigenvalue weighted by Gasteiger charge is 2.09. The van der Waals surface area contributed by atoms with Crippen molar-refractivity contribution in [3.05, 3.63) is 40.9 Å². The Kier molecular flexibility index (Phi) is 4.85. The van der Waals surface area contributed by atoms with Gasteiger partial charge in [-0.3, -0.25) is 0 Å². The monoisotopic (exact) mass is 269 g/mol. The molecule has 82 valence electrons. The van der Waals surface area contributed by atoms with E-state index in [1.54, 1.807) is 7.11 Å². The van der Waals surface area contributed by atoms with Crippen LogP contribution < -0.4 is 10.1 Å². The maximum Gasteiger partial charge on any atom is 0.123 e. The van der Waals surface area contributed by atoms with Crippen molar-refractivity contribution in [2.75, 3.05) is 13.7 Å². The van der Waals surface area contributed by atoms with E-state index in [-0.39, 0.29) is 6.04 Å². The molecule has 0 aromatic heterocycles. The van der Waals surface area contributed by atoms with E-state index in [2.05, 4.69) is 40.8 Å². The lowest BCUT2D eigenvalue weighted by Gasteiger charge is -2.16. The summed E-state index contributed by atoms with van der Waals surface area (Å²) in [6.45, 7) is 6.64. The van der Waals surface area contributed by atoms with Crippen molar-refractivity contribution in [2.24, 2.45) is 0 Å². The molecule has 0 bridgehead atoms. The van der Waals surface area contributed by atoms with Gasteiger partial charge in [-0.15, -0.1) is 0 Å². The number of benzene rings is 1. The van der Waals surface area contributed by atoms with Crippen LogP contribution in [0, 0.1) is 0 Å². The lowest BCUT2D eigenvalue weighted by Crippen LogP contribution is -2.20. The maximum absolute atomic E-state index is 5.30. The van der Waals surface area contributed by atoms with Gasteiger partial charge < -0.3 is 10.1 Å². The predicted octanol–water partition coefficient (Wildman–Crippen LogP) is 3.25. The highest BCUT2D eigenvalue weighted by molar-refractivity contribution is 9.11. The number of nitrogens with one attached hydrogen (secondary N) is 1. The van der Waals surface area contributed by atoms with Crippen molar-refractivity contribution in [1.82, 2.24) is 5.32 Å². The Hall–Kier alpha value is -0.800. The molecule has 15 heavy (non-hydrogen) atoms. The first-order chi connectivity index (χ1) is 7.15. The Balaban J connectivity index is 2.72. The molecule has 0 amide bonds. The summed E-state index contributed by atoms with van der Waals surface area (Å²) in [6.07, 6.45) is 0. The van der Waals surface area contributed by atoms with Crippen LogP contribution in [0.5, 0.6) is 5.75 Å². The summed E-state index contributed by atoms with van der Waals surface area (Å²) in [4.78, 5) is 0. The third-order valence-electron chi connectivity index (χ3n) is 2.21. The number of methoxy groups -OCH3 is 1. The molecule has 0 heterocycles. The highest BCUT2D eigenvalue weighted by atomic mass is 79.9. The van der Waals surface area contributed by atoms with Gasteiger partial charge in [0.25, 0.3) is 0 Å². The van der Waals surface area contributed by atoms with E-state index in [0.717, 1.165) is 22.3 Å². The van der Waals surface area contributed by atoms with E-state index in [4.69, 9.17) is 4.74 Å². The summed E-state index contributed by atoms with van der Waals surface area (Å²) < 4.78 is 6.25. The standard InChI is InChI=1S/C12H16BrNO/c1-9(13)8-14-10(2)11-6-4-5-7-12(11)15-3/h4-7,10,14H,1,8H2,2-3H3/t10-/m0/s1. The smallest absolute Gasteiger partial charge is 0.123 e. The van der Waals surface area contributed by atoms with Crippen molar-refractivity contribution in [3.63, 3.8) is 0 Å². The molecule has 3 heteroatoms. The third kappa shape index (κ3) is 3.68. The molecule has 0 radical (unpaired) electrons. The zero-order valence-electron chi connectivity index (χ0n) is 9.09. The van der Waals surface area contributed by atoms with Crippen molar-refractivity contribution < 1.29 is 4.74 Å². The van der Waals surface area contributed by atoms with Gasteiger partial charge in [0.2, 0.25) is 0 Å². The summed E-state index contributed by atoms with van der Waals surface area (Å²) in [5.41, 5.74) is 1.16. The lowest BCUT2D eigenvalue weighted by atomic mass is 10.1. The second-order valence-electron chi connectivity index (χ2n) is 3.36. The minimum atomic E-state index is 0.246. The van der Waals surface area contributed by atoms with E-state index >= 15 is 0 Å². The zero-order valence-corrected chi connectivity index (χ0v) is 10.7. The number of rotatable bonds is 5. The Bertz CT molecular complexity index is 338. The van der Waals surface area contributed by atoms with E-state index in [1.807, 2.05) is 18.2 Å². The fraction of sp³-hybridized carbons (Fsp3) is 0.333. The number of ether oxygens (including phenoxy) is 1. The van der Waals surface area contributed by atoms with Gasteiger partial charge in [0, 0.05) is 22.6 Å². The average molecular weight is 270 g/mol. The number of halogens is 1. The molecule has 0 saturated carbocycles. The Morgan fingerprint density at radius 3 is 2.80 bits per heavy atom. The van der Waals surface area contributed by atoms with Crippen LogP contribution in [0.25, 0.3) is 0 Å². The summed E-state index contributed by atoms with van der Waals surface area (Å²) >= 11 is 3.32. The highest BCUT2D eigenvalue weighted by Crippen LogP contribution is 2.24. The second-order valence-corrected chi connectivity index (χ2v) is 4.48. The predicted molar refractivity (Wildman–Crippen MR) is 67.5 cm³/mol. The number of para-hydroxylation sites is 1. The van der Waals surface area contributed by atoms with Crippen LogP contribution in [0.3, 0.4) is 0 Å². The Morgan fingerprint density at radius 2 is 2.20 bits per heavy atom. The molecule has 0 aliphatic heterocycles. The SMILES string of the molecule is C=C(Br)CN[C@@H](C)c1ccccc1OC.